The van der Waals surface area contributed by atoms with Gasteiger partial charge in [0.1, 0.15) is 11.5 Å². The number of rotatable bonds is 6. The van der Waals surface area contributed by atoms with Crippen molar-refractivity contribution >= 4 is 43.2 Å². The van der Waals surface area contributed by atoms with Gasteiger partial charge in [-0.1, -0.05) is 27.5 Å². The Morgan fingerprint density at radius 1 is 1.24 bits per heavy atom. The first-order chi connectivity index (χ1) is 7.95. The second-order valence-corrected chi connectivity index (χ2v) is 6.76. The van der Waals surface area contributed by atoms with E-state index in [9.17, 15) is 13.2 Å². The third-order valence-corrected chi connectivity index (χ3v) is 4.62. The molecule has 0 saturated carbocycles. The number of carbonyl (C=O) groups excluding carboxylic acids is 1. The molecule has 0 unspecified atom stereocenters. The molecule has 0 aliphatic carbocycles. The minimum Gasteiger partial charge on any atom is -0.299 e. The van der Waals surface area contributed by atoms with Crippen LogP contribution in [0.1, 0.15) is 12.8 Å². The maximum Gasteiger partial charge on any atom is 0.185 e. The number of sulfone groups is 1. The van der Waals surface area contributed by atoms with Gasteiger partial charge in [0, 0.05) is 16.8 Å². The van der Waals surface area contributed by atoms with E-state index in [-0.39, 0.29) is 17.1 Å². The van der Waals surface area contributed by atoms with Gasteiger partial charge in [-0.05, 0) is 30.7 Å². The molecule has 0 aromatic heterocycles. The Labute approximate surface area is 114 Å². The normalized spacial score (nSPS) is 11.4. The summed E-state index contributed by atoms with van der Waals surface area (Å²) in [4.78, 5) is 11.6. The van der Waals surface area contributed by atoms with Gasteiger partial charge >= 0.3 is 0 Å². The van der Waals surface area contributed by atoms with Gasteiger partial charge in [-0.2, -0.15) is 0 Å². The first kappa shape index (κ1) is 14.7. The predicted octanol–water partition coefficient (Wildman–Crippen LogP) is 2.86. The van der Waals surface area contributed by atoms with Crippen molar-refractivity contribution < 1.29 is 13.2 Å². The molecule has 0 bridgehead atoms. The number of halogens is 2. The maximum atomic E-state index is 11.8. The second kappa shape index (κ2) is 6.52. The van der Waals surface area contributed by atoms with Gasteiger partial charge in [0.05, 0.1) is 4.90 Å². The zero-order valence-electron chi connectivity index (χ0n) is 9.03. The molecule has 3 nitrogen and oxygen atoms in total. The third kappa shape index (κ3) is 4.77. The van der Waals surface area contributed by atoms with Crippen molar-refractivity contribution in [2.75, 3.05) is 11.1 Å². The average Bonchev–Trinajstić information content (AvgIpc) is 2.26. The fraction of sp³-hybridized carbons (Fsp3) is 0.364. The van der Waals surface area contributed by atoms with Crippen LogP contribution in [0.25, 0.3) is 0 Å². The molecule has 0 fully saturated rings. The molecule has 17 heavy (non-hydrogen) atoms. The number of benzene rings is 1. The van der Waals surface area contributed by atoms with Crippen molar-refractivity contribution in [1.29, 1.82) is 0 Å². The summed E-state index contributed by atoms with van der Waals surface area (Å²) in [6.45, 7) is 0. The zero-order chi connectivity index (χ0) is 12.9. The molecule has 6 heteroatoms. The molecule has 0 spiro atoms. The fourth-order valence-electron chi connectivity index (χ4n) is 1.27. The summed E-state index contributed by atoms with van der Waals surface area (Å²) in [7, 11) is -3.53. The molecule has 0 atom stereocenters. The van der Waals surface area contributed by atoms with Gasteiger partial charge in [0.2, 0.25) is 0 Å². The Hall–Kier alpha value is -0.390. The Morgan fingerprint density at radius 3 is 2.35 bits per heavy atom. The molecule has 0 aliphatic rings. The molecular weight excluding hydrogens is 328 g/mol. The Bertz CT molecular complexity index is 482. The van der Waals surface area contributed by atoms with Gasteiger partial charge in [0.25, 0.3) is 0 Å². The smallest absolute Gasteiger partial charge is 0.185 e. The number of alkyl halides is 1. The van der Waals surface area contributed by atoms with Crippen LogP contribution in [0.5, 0.6) is 0 Å². The average molecular weight is 340 g/mol. The molecule has 0 saturated heterocycles. The SMILES string of the molecule is O=C(CCCBr)CS(=O)(=O)c1ccc(Cl)cc1. The molecule has 0 N–H and O–H groups in total. The first-order valence-corrected chi connectivity index (χ1v) is 8.17. The maximum absolute atomic E-state index is 11.8. The van der Waals surface area contributed by atoms with Crippen LogP contribution in [-0.2, 0) is 14.6 Å². The van der Waals surface area contributed by atoms with E-state index in [1.54, 1.807) is 0 Å². The van der Waals surface area contributed by atoms with Crippen molar-refractivity contribution in [3.63, 3.8) is 0 Å². The lowest BCUT2D eigenvalue weighted by atomic mass is 10.3. The highest BCUT2D eigenvalue weighted by Gasteiger charge is 2.18. The van der Waals surface area contributed by atoms with Crippen LogP contribution in [0.15, 0.2) is 29.2 Å². The van der Waals surface area contributed by atoms with Gasteiger partial charge in [-0.3, -0.25) is 4.79 Å². The summed E-state index contributed by atoms with van der Waals surface area (Å²) in [5, 5.41) is 1.16. The lowest BCUT2D eigenvalue weighted by Gasteiger charge is -2.03. The molecule has 94 valence electrons. The summed E-state index contributed by atoms with van der Waals surface area (Å²) in [6.07, 6.45) is 0.924. The van der Waals surface area contributed by atoms with Crippen molar-refractivity contribution in [3.8, 4) is 0 Å². The highest BCUT2D eigenvalue weighted by atomic mass is 79.9. The first-order valence-electron chi connectivity index (χ1n) is 5.01. The standard InChI is InChI=1S/C11H12BrClO3S/c12-7-1-2-10(14)8-17(15,16)11-5-3-9(13)4-6-11/h3-6H,1-2,7-8H2. The lowest BCUT2D eigenvalue weighted by Crippen LogP contribution is -2.16. The van der Waals surface area contributed by atoms with Crippen molar-refractivity contribution in [2.45, 2.75) is 17.7 Å². The molecule has 1 rings (SSSR count). The third-order valence-electron chi connectivity index (χ3n) is 2.11. The van der Waals surface area contributed by atoms with Gasteiger partial charge in [0.15, 0.2) is 9.84 Å². The minimum absolute atomic E-state index is 0.133. The highest BCUT2D eigenvalue weighted by molar-refractivity contribution is 9.09. The van der Waals surface area contributed by atoms with E-state index < -0.39 is 15.6 Å². The summed E-state index contributed by atoms with van der Waals surface area (Å²) in [6, 6.07) is 5.82. The topological polar surface area (TPSA) is 51.2 Å². The van der Waals surface area contributed by atoms with Crippen molar-refractivity contribution in [2.24, 2.45) is 0 Å². The van der Waals surface area contributed by atoms with Crippen LogP contribution in [0.2, 0.25) is 5.02 Å². The van der Waals surface area contributed by atoms with Crippen LogP contribution < -0.4 is 0 Å². The monoisotopic (exact) mass is 338 g/mol. The number of carbonyl (C=O) groups is 1. The number of hydrogen-bond acceptors (Lipinski definition) is 3. The predicted molar refractivity (Wildman–Crippen MR) is 71.5 cm³/mol. The largest absolute Gasteiger partial charge is 0.299 e. The van der Waals surface area contributed by atoms with Crippen LogP contribution in [0.3, 0.4) is 0 Å². The van der Waals surface area contributed by atoms with E-state index in [0.717, 1.165) is 0 Å². The van der Waals surface area contributed by atoms with Gasteiger partial charge in [-0.15, -0.1) is 0 Å². The molecule has 0 aliphatic heterocycles. The van der Waals surface area contributed by atoms with Crippen LogP contribution >= 0.6 is 27.5 Å². The van der Waals surface area contributed by atoms with E-state index in [0.29, 0.717) is 16.8 Å². The van der Waals surface area contributed by atoms with Crippen molar-refractivity contribution in [3.05, 3.63) is 29.3 Å². The summed E-state index contributed by atoms with van der Waals surface area (Å²) >= 11 is 8.86. The van der Waals surface area contributed by atoms with E-state index in [1.807, 2.05) is 0 Å². The molecule has 0 radical (unpaired) electrons. The van der Waals surface area contributed by atoms with E-state index in [2.05, 4.69) is 15.9 Å². The summed E-state index contributed by atoms with van der Waals surface area (Å²) < 4.78 is 23.7. The van der Waals surface area contributed by atoms with E-state index in [1.165, 1.54) is 24.3 Å². The minimum atomic E-state index is -3.53. The van der Waals surface area contributed by atoms with Crippen molar-refractivity contribution in [1.82, 2.24) is 0 Å². The summed E-state index contributed by atoms with van der Waals surface area (Å²) in [5.41, 5.74) is 0. The zero-order valence-corrected chi connectivity index (χ0v) is 12.2. The second-order valence-electron chi connectivity index (χ2n) is 3.54. The quantitative estimate of drug-likeness (QED) is 0.749. The van der Waals surface area contributed by atoms with E-state index >= 15 is 0 Å². The molecule has 1 aromatic carbocycles. The lowest BCUT2D eigenvalue weighted by molar-refractivity contribution is -0.116. The van der Waals surface area contributed by atoms with Gasteiger partial charge < -0.3 is 0 Å². The number of hydrogen-bond donors (Lipinski definition) is 0. The molecule has 0 heterocycles. The Balaban J connectivity index is 2.75. The number of Topliss-reactive ketones (excluding diaryl/α,β-unsaturated/α-hetero) is 1. The van der Waals surface area contributed by atoms with Crippen LogP contribution in [-0.4, -0.2) is 25.3 Å². The Kier molecular flexibility index (Phi) is 5.62. The van der Waals surface area contributed by atoms with Crippen LogP contribution in [0, 0.1) is 0 Å². The summed E-state index contributed by atoms with van der Waals surface area (Å²) in [5.74, 6) is -0.707. The highest BCUT2D eigenvalue weighted by Crippen LogP contribution is 2.16. The van der Waals surface area contributed by atoms with Gasteiger partial charge in [-0.25, -0.2) is 8.42 Å². The number of ketones is 1. The van der Waals surface area contributed by atoms with E-state index in [4.69, 9.17) is 11.6 Å². The molecular formula is C11H12BrClO3S. The Morgan fingerprint density at radius 2 is 1.82 bits per heavy atom. The fourth-order valence-corrected chi connectivity index (χ4v) is 2.97. The molecule has 0 amide bonds. The molecule has 1 aromatic rings. The van der Waals surface area contributed by atoms with Crippen LogP contribution in [0.4, 0.5) is 0 Å².